The van der Waals surface area contributed by atoms with Crippen LogP contribution in [0.1, 0.15) is 34.8 Å². The molecule has 1 saturated heterocycles. The Morgan fingerprint density at radius 1 is 1.38 bits per heavy atom. The number of H-pyrrole nitrogens is 1. The van der Waals surface area contributed by atoms with Gasteiger partial charge in [-0.2, -0.15) is 0 Å². The standard InChI is InChI=1S/C17H19N5O4/c1-10-19-13(8-16(24)20-10)14-9-26-6-5-22(14)17(25)12-3-4-18-15(7-12)21-11(2)23/h3-4,7-8,14H,5-6,9H2,1-2H3,(H,18,21,23)(H,19,20,24). The van der Waals surface area contributed by atoms with E-state index in [1.54, 1.807) is 17.9 Å². The first kappa shape index (κ1) is 17.7. The fraction of sp³-hybridized carbons (Fsp3) is 0.353. The number of amides is 2. The van der Waals surface area contributed by atoms with Gasteiger partial charge >= 0.3 is 0 Å². The van der Waals surface area contributed by atoms with Crippen molar-refractivity contribution in [2.24, 2.45) is 0 Å². The van der Waals surface area contributed by atoms with Crippen LogP contribution in [-0.2, 0) is 9.53 Å². The lowest BCUT2D eigenvalue weighted by atomic mass is 10.1. The molecule has 0 saturated carbocycles. The average Bonchev–Trinajstić information content (AvgIpc) is 2.60. The van der Waals surface area contributed by atoms with Crippen LogP contribution in [0, 0.1) is 6.92 Å². The highest BCUT2D eigenvalue weighted by atomic mass is 16.5. The van der Waals surface area contributed by atoms with Crippen LogP contribution in [-0.4, -0.2) is 51.4 Å². The maximum absolute atomic E-state index is 13.0. The topological polar surface area (TPSA) is 117 Å². The zero-order valence-electron chi connectivity index (χ0n) is 14.5. The normalized spacial score (nSPS) is 17.0. The Labute approximate surface area is 149 Å². The Hall–Kier alpha value is -3.07. The van der Waals surface area contributed by atoms with E-state index in [0.29, 0.717) is 36.1 Å². The quantitative estimate of drug-likeness (QED) is 0.833. The number of nitrogens with one attached hydrogen (secondary N) is 2. The van der Waals surface area contributed by atoms with E-state index in [0.717, 1.165) is 0 Å². The lowest BCUT2D eigenvalue weighted by Crippen LogP contribution is -2.44. The zero-order chi connectivity index (χ0) is 18.7. The Kier molecular flexibility index (Phi) is 5.08. The van der Waals surface area contributed by atoms with Gasteiger partial charge in [-0.15, -0.1) is 0 Å². The number of nitrogens with zero attached hydrogens (tertiary/aromatic N) is 3. The predicted molar refractivity (Wildman–Crippen MR) is 92.7 cm³/mol. The second-order valence-corrected chi connectivity index (χ2v) is 5.96. The van der Waals surface area contributed by atoms with E-state index in [-0.39, 0.29) is 24.0 Å². The van der Waals surface area contributed by atoms with Gasteiger partial charge in [-0.25, -0.2) is 9.97 Å². The molecule has 1 aliphatic heterocycles. The first-order valence-electron chi connectivity index (χ1n) is 8.14. The van der Waals surface area contributed by atoms with Crippen LogP contribution in [0.25, 0.3) is 0 Å². The summed E-state index contributed by atoms with van der Waals surface area (Å²) in [6, 6.07) is 4.01. The van der Waals surface area contributed by atoms with Gasteiger partial charge in [-0.05, 0) is 19.1 Å². The first-order chi connectivity index (χ1) is 12.4. The van der Waals surface area contributed by atoms with E-state index < -0.39 is 6.04 Å². The minimum absolute atomic E-state index is 0.243. The van der Waals surface area contributed by atoms with E-state index in [4.69, 9.17) is 4.74 Å². The van der Waals surface area contributed by atoms with Gasteiger partial charge in [0.1, 0.15) is 11.6 Å². The Morgan fingerprint density at radius 2 is 2.19 bits per heavy atom. The third-order valence-corrected chi connectivity index (χ3v) is 3.92. The van der Waals surface area contributed by atoms with E-state index in [1.165, 1.54) is 25.3 Å². The molecule has 1 atom stereocenters. The molecule has 2 aromatic rings. The monoisotopic (exact) mass is 357 g/mol. The highest BCUT2D eigenvalue weighted by Gasteiger charge is 2.31. The Morgan fingerprint density at radius 3 is 2.92 bits per heavy atom. The molecule has 1 aliphatic rings. The minimum Gasteiger partial charge on any atom is -0.377 e. The molecule has 9 nitrogen and oxygen atoms in total. The number of rotatable bonds is 3. The van der Waals surface area contributed by atoms with Crippen LogP contribution in [0.5, 0.6) is 0 Å². The van der Waals surface area contributed by atoms with Crippen molar-refractivity contribution >= 4 is 17.6 Å². The SMILES string of the molecule is CC(=O)Nc1cc(C(=O)N2CCOCC2c2cc(=O)[nH]c(C)n2)ccn1. The molecular weight excluding hydrogens is 338 g/mol. The Balaban J connectivity index is 1.91. The third kappa shape index (κ3) is 3.94. The smallest absolute Gasteiger partial charge is 0.254 e. The van der Waals surface area contributed by atoms with E-state index in [2.05, 4.69) is 20.3 Å². The number of hydrogen-bond acceptors (Lipinski definition) is 6. The van der Waals surface area contributed by atoms with Gasteiger partial charge < -0.3 is 19.9 Å². The summed E-state index contributed by atoms with van der Waals surface area (Å²) >= 11 is 0. The molecule has 3 heterocycles. The first-order valence-corrected chi connectivity index (χ1v) is 8.14. The number of hydrogen-bond donors (Lipinski definition) is 2. The van der Waals surface area contributed by atoms with Crippen molar-refractivity contribution in [1.29, 1.82) is 0 Å². The molecule has 26 heavy (non-hydrogen) atoms. The molecule has 0 radical (unpaired) electrons. The van der Waals surface area contributed by atoms with Gasteiger partial charge in [0.25, 0.3) is 11.5 Å². The molecule has 1 unspecified atom stereocenters. The summed E-state index contributed by atoms with van der Waals surface area (Å²) in [6.45, 7) is 4.08. The van der Waals surface area contributed by atoms with Crippen LogP contribution in [0.2, 0.25) is 0 Å². The van der Waals surface area contributed by atoms with Gasteiger partial charge in [-0.3, -0.25) is 14.4 Å². The maximum atomic E-state index is 13.0. The second kappa shape index (κ2) is 7.44. The predicted octanol–water partition coefficient (Wildman–Crippen LogP) is 0.645. The molecular formula is C17H19N5O4. The van der Waals surface area contributed by atoms with E-state index in [1.807, 2.05) is 0 Å². The molecule has 0 bridgehead atoms. The average molecular weight is 357 g/mol. The molecule has 0 spiro atoms. The summed E-state index contributed by atoms with van der Waals surface area (Å²) in [6.07, 6.45) is 1.46. The van der Waals surface area contributed by atoms with Crippen LogP contribution in [0.15, 0.2) is 29.2 Å². The number of aryl methyl sites for hydroxylation is 1. The third-order valence-electron chi connectivity index (χ3n) is 3.92. The number of carbonyl (C=O) groups is 2. The largest absolute Gasteiger partial charge is 0.377 e. The molecule has 0 aromatic carbocycles. The van der Waals surface area contributed by atoms with Crippen molar-refractivity contribution in [3.63, 3.8) is 0 Å². The summed E-state index contributed by atoms with van der Waals surface area (Å²) in [5.74, 6) is 0.266. The number of carbonyl (C=O) groups excluding carboxylic acids is 2. The number of morpholine rings is 1. The van der Waals surface area contributed by atoms with Crippen LogP contribution in [0.3, 0.4) is 0 Å². The molecule has 136 valence electrons. The molecule has 2 N–H and O–H groups in total. The molecule has 2 aromatic heterocycles. The van der Waals surface area contributed by atoms with Crippen molar-refractivity contribution in [2.75, 3.05) is 25.1 Å². The van der Waals surface area contributed by atoms with Crippen molar-refractivity contribution in [3.8, 4) is 0 Å². The van der Waals surface area contributed by atoms with E-state index >= 15 is 0 Å². The number of pyridine rings is 1. The number of aromatic nitrogens is 3. The molecule has 9 heteroatoms. The van der Waals surface area contributed by atoms with E-state index in [9.17, 15) is 14.4 Å². The summed E-state index contributed by atoms with van der Waals surface area (Å²) in [5.41, 5.74) is 0.593. The van der Waals surface area contributed by atoms with Gasteiger partial charge in [0, 0.05) is 31.3 Å². The minimum atomic E-state index is -0.463. The number of aromatic amines is 1. The zero-order valence-corrected chi connectivity index (χ0v) is 14.5. The van der Waals surface area contributed by atoms with Gasteiger partial charge in [-0.1, -0.05) is 0 Å². The molecule has 3 rings (SSSR count). The maximum Gasteiger partial charge on any atom is 0.254 e. The number of anilines is 1. The fourth-order valence-electron chi connectivity index (χ4n) is 2.84. The van der Waals surface area contributed by atoms with Crippen molar-refractivity contribution < 1.29 is 14.3 Å². The fourth-order valence-corrected chi connectivity index (χ4v) is 2.84. The number of ether oxygens (including phenoxy) is 1. The second-order valence-electron chi connectivity index (χ2n) is 5.96. The highest BCUT2D eigenvalue weighted by Crippen LogP contribution is 2.24. The summed E-state index contributed by atoms with van der Waals surface area (Å²) in [7, 11) is 0. The van der Waals surface area contributed by atoms with Crippen molar-refractivity contribution in [3.05, 3.63) is 51.8 Å². The lowest BCUT2D eigenvalue weighted by Gasteiger charge is -2.35. The molecule has 2 amide bonds. The van der Waals surface area contributed by atoms with Crippen LogP contribution < -0.4 is 10.9 Å². The lowest BCUT2D eigenvalue weighted by molar-refractivity contribution is -0.114. The van der Waals surface area contributed by atoms with Crippen LogP contribution in [0.4, 0.5) is 5.82 Å². The van der Waals surface area contributed by atoms with Gasteiger partial charge in [0.05, 0.1) is 24.9 Å². The highest BCUT2D eigenvalue weighted by molar-refractivity contribution is 5.96. The summed E-state index contributed by atoms with van der Waals surface area (Å²) in [5, 5.41) is 2.56. The summed E-state index contributed by atoms with van der Waals surface area (Å²) < 4.78 is 5.49. The van der Waals surface area contributed by atoms with Crippen LogP contribution >= 0.6 is 0 Å². The summed E-state index contributed by atoms with van der Waals surface area (Å²) in [4.78, 5) is 48.5. The Bertz CT molecular complexity index is 895. The molecule has 1 fully saturated rings. The van der Waals surface area contributed by atoms with Crippen molar-refractivity contribution in [1.82, 2.24) is 19.9 Å². The van der Waals surface area contributed by atoms with Gasteiger partial charge in [0.15, 0.2) is 0 Å². The van der Waals surface area contributed by atoms with Gasteiger partial charge in [0.2, 0.25) is 5.91 Å². The van der Waals surface area contributed by atoms with Crippen molar-refractivity contribution in [2.45, 2.75) is 19.9 Å². The molecule has 0 aliphatic carbocycles.